The summed E-state index contributed by atoms with van der Waals surface area (Å²) in [7, 11) is 1.45. The van der Waals surface area contributed by atoms with Crippen LogP contribution >= 0.6 is 0 Å². The van der Waals surface area contributed by atoms with Crippen molar-refractivity contribution in [3.63, 3.8) is 0 Å². The number of aliphatic carboxylic acids is 3. The van der Waals surface area contributed by atoms with Crippen LogP contribution in [0.3, 0.4) is 0 Å². The lowest BCUT2D eigenvalue weighted by Crippen LogP contribution is -2.52. The number of hydrogen-bond acceptors (Lipinski definition) is 17. The van der Waals surface area contributed by atoms with E-state index in [1.54, 1.807) is 37.8 Å². The molecule has 1 unspecified atom stereocenters. The molecule has 26 nitrogen and oxygen atoms in total. The molecule has 3 fully saturated rings. The van der Waals surface area contributed by atoms with Crippen LogP contribution in [0.1, 0.15) is 92.1 Å². The minimum Gasteiger partial charge on any atom is -0.494 e. The van der Waals surface area contributed by atoms with Crippen LogP contribution in [-0.2, 0) is 44.8 Å². The van der Waals surface area contributed by atoms with Crippen LogP contribution in [0.2, 0.25) is 0 Å². The SMILES string of the molecule is CN=C[C@H]1CC(F)(F)CN1C(=O)CNC(=O)c1ccnc2ccc(OCCCN3CCN(C(=O)CCCCCNC(=O)C(CCCCNC(=O)CCCc4ccc(C)cc4)NC(=O)CN4CCN(CC(=O)O)CCN(CC(=O)O)CCN(CC(=O)O)CC4)CC3)cc12. The molecule has 4 heterocycles. The van der Waals surface area contributed by atoms with Gasteiger partial charge in [0.15, 0.2) is 0 Å². The summed E-state index contributed by atoms with van der Waals surface area (Å²) in [5.74, 6) is -7.80. The van der Waals surface area contributed by atoms with Gasteiger partial charge in [-0.05, 0) is 88.1 Å². The summed E-state index contributed by atoms with van der Waals surface area (Å²) in [5.41, 5.74) is 3.11. The molecule has 2 atom stereocenters. The molecule has 6 amide bonds. The summed E-state index contributed by atoms with van der Waals surface area (Å²) in [6.45, 7) is 5.84. The van der Waals surface area contributed by atoms with Gasteiger partial charge in [-0.1, -0.05) is 36.2 Å². The lowest BCUT2D eigenvalue weighted by atomic mass is 10.1. The van der Waals surface area contributed by atoms with Gasteiger partial charge >= 0.3 is 17.9 Å². The van der Waals surface area contributed by atoms with Gasteiger partial charge in [-0.2, -0.15) is 0 Å². The average Bonchev–Trinajstić information content (AvgIpc) is 1.23. The fourth-order valence-electron chi connectivity index (χ4n) is 11.5. The van der Waals surface area contributed by atoms with Gasteiger partial charge in [0, 0.05) is 142 Å². The number of carboxylic acids is 3. The number of rotatable bonds is 34. The van der Waals surface area contributed by atoms with E-state index in [0.29, 0.717) is 120 Å². The van der Waals surface area contributed by atoms with E-state index in [2.05, 4.69) is 48.3 Å². The second-order valence-electron chi connectivity index (χ2n) is 23.9. The fraction of sp³-hybridized carbons (Fsp3) is 0.609. The highest BCUT2D eigenvalue weighted by molar-refractivity contribution is 6.07. The van der Waals surface area contributed by atoms with Gasteiger partial charge < -0.3 is 51.1 Å². The number of halogens is 2. The van der Waals surface area contributed by atoms with E-state index in [1.165, 1.54) is 31.1 Å². The summed E-state index contributed by atoms with van der Waals surface area (Å²) in [4.78, 5) is 135. The number of likely N-dealkylation sites (tertiary alicyclic amines) is 1. The molecule has 2 aromatic carbocycles. The van der Waals surface area contributed by atoms with Crippen LogP contribution in [-0.4, -0.2) is 283 Å². The zero-order chi connectivity index (χ0) is 66.4. The van der Waals surface area contributed by atoms with Gasteiger partial charge in [0.05, 0.1) is 63.0 Å². The number of aryl methyl sites for hydroxylation is 2. The third kappa shape index (κ3) is 26.4. The Kier molecular flexibility index (Phi) is 30.5. The lowest BCUT2D eigenvalue weighted by molar-refractivity contribution is -0.140. The minimum absolute atomic E-state index is 0.0550. The summed E-state index contributed by atoms with van der Waals surface area (Å²) in [6.07, 6.45) is 8.35. The first-order valence-electron chi connectivity index (χ1n) is 32.0. The van der Waals surface area contributed by atoms with E-state index in [0.717, 1.165) is 23.4 Å². The quantitative estimate of drug-likeness (QED) is 0.0332. The van der Waals surface area contributed by atoms with Gasteiger partial charge in [-0.3, -0.25) is 77.6 Å². The molecule has 506 valence electrons. The number of carbonyl (C=O) groups is 9. The third-order valence-corrected chi connectivity index (χ3v) is 16.5. The predicted molar refractivity (Wildman–Crippen MR) is 340 cm³/mol. The van der Waals surface area contributed by atoms with Crippen molar-refractivity contribution in [2.75, 3.05) is 151 Å². The molecular weight excluding hydrogens is 1200 g/mol. The number of ether oxygens (including phenoxy) is 1. The molecule has 7 N–H and O–H groups in total. The summed E-state index contributed by atoms with van der Waals surface area (Å²) >= 11 is 0. The largest absolute Gasteiger partial charge is 0.494 e. The zero-order valence-corrected chi connectivity index (χ0v) is 53.2. The maximum absolute atomic E-state index is 14.1. The molecule has 28 heteroatoms. The number of alkyl halides is 2. The molecule has 0 bridgehead atoms. The van der Waals surface area contributed by atoms with Crippen molar-refractivity contribution in [2.45, 2.75) is 102 Å². The zero-order valence-electron chi connectivity index (χ0n) is 53.2. The number of fused-ring (bicyclic) bond motifs is 1. The molecule has 1 aromatic heterocycles. The van der Waals surface area contributed by atoms with Crippen molar-refractivity contribution in [1.82, 2.24) is 60.6 Å². The van der Waals surface area contributed by atoms with Gasteiger partial charge in [-0.25, -0.2) is 8.78 Å². The first-order chi connectivity index (χ1) is 44.1. The summed E-state index contributed by atoms with van der Waals surface area (Å²) in [5, 5.41) is 40.7. The number of nitrogens with zero attached hydrogens (tertiary/aromatic N) is 9. The van der Waals surface area contributed by atoms with E-state index < -0.39 is 73.1 Å². The molecule has 3 aliphatic heterocycles. The van der Waals surface area contributed by atoms with Crippen molar-refractivity contribution < 1.29 is 72.0 Å². The van der Waals surface area contributed by atoms with Crippen molar-refractivity contribution >= 4 is 70.5 Å². The second kappa shape index (κ2) is 38.3. The highest BCUT2D eigenvalue weighted by atomic mass is 19.3. The Hall–Kier alpha value is -7.79. The van der Waals surface area contributed by atoms with Crippen molar-refractivity contribution in [1.29, 1.82) is 0 Å². The number of aliphatic imine (C=N–C) groups is 1. The highest BCUT2D eigenvalue weighted by Gasteiger charge is 2.46. The van der Waals surface area contributed by atoms with Gasteiger partial charge in [0.25, 0.3) is 11.8 Å². The van der Waals surface area contributed by atoms with Gasteiger partial charge in [-0.15, -0.1) is 0 Å². The van der Waals surface area contributed by atoms with Crippen LogP contribution in [0.15, 0.2) is 59.7 Å². The number of unbranched alkanes of at least 4 members (excludes halogenated alkanes) is 3. The Labute approximate surface area is 536 Å². The lowest BCUT2D eigenvalue weighted by Gasteiger charge is -2.34. The number of nitrogens with one attached hydrogen (secondary N) is 4. The van der Waals surface area contributed by atoms with Crippen LogP contribution < -0.4 is 26.0 Å². The number of benzene rings is 2. The normalized spacial score (nSPS) is 17.8. The summed E-state index contributed by atoms with van der Waals surface area (Å²) < 4.78 is 34.3. The van der Waals surface area contributed by atoms with E-state index in [1.807, 2.05) is 24.0 Å². The van der Waals surface area contributed by atoms with E-state index >= 15 is 0 Å². The molecule has 92 heavy (non-hydrogen) atoms. The number of pyridine rings is 1. The average molecular weight is 1290 g/mol. The number of aromatic nitrogens is 1. The first-order valence-corrected chi connectivity index (χ1v) is 32.0. The Morgan fingerprint density at radius 1 is 0.663 bits per heavy atom. The minimum atomic E-state index is -3.05. The fourth-order valence-corrected chi connectivity index (χ4v) is 11.5. The molecule has 3 aromatic rings. The van der Waals surface area contributed by atoms with Crippen LogP contribution in [0.25, 0.3) is 10.9 Å². The van der Waals surface area contributed by atoms with Gasteiger partial charge in [0.2, 0.25) is 29.5 Å². The van der Waals surface area contributed by atoms with Crippen LogP contribution in [0.4, 0.5) is 8.78 Å². The predicted octanol–water partition coefficient (Wildman–Crippen LogP) is 2.07. The summed E-state index contributed by atoms with van der Waals surface area (Å²) in [6, 6.07) is 13.1. The number of carboxylic acid groups (broad SMARTS) is 3. The Bertz CT molecular complexity index is 2920. The topological polar surface area (TPSA) is 320 Å². The van der Waals surface area contributed by atoms with E-state index in [-0.39, 0.29) is 108 Å². The monoisotopic (exact) mass is 1290 g/mol. The smallest absolute Gasteiger partial charge is 0.317 e. The van der Waals surface area contributed by atoms with Crippen molar-refractivity contribution in [3.05, 3.63) is 71.4 Å². The molecule has 0 aliphatic carbocycles. The molecule has 3 saturated heterocycles. The Morgan fingerprint density at radius 2 is 1.26 bits per heavy atom. The molecular formula is C64H93F2N13O13. The molecule has 0 spiro atoms. The van der Waals surface area contributed by atoms with Crippen molar-refractivity contribution in [3.8, 4) is 5.75 Å². The highest BCUT2D eigenvalue weighted by Crippen LogP contribution is 2.31. The van der Waals surface area contributed by atoms with Crippen molar-refractivity contribution in [2.24, 2.45) is 4.99 Å². The molecule has 0 saturated carbocycles. The van der Waals surface area contributed by atoms with Crippen LogP contribution in [0, 0.1) is 6.92 Å². The Morgan fingerprint density at radius 3 is 1.88 bits per heavy atom. The second-order valence-corrected chi connectivity index (χ2v) is 23.9. The number of carbonyl (C=O) groups excluding carboxylic acids is 6. The van der Waals surface area contributed by atoms with Crippen LogP contribution in [0.5, 0.6) is 5.75 Å². The third-order valence-electron chi connectivity index (χ3n) is 16.5. The number of piperazine rings is 1. The molecule has 6 rings (SSSR count). The van der Waals surface area contributed by atoms with Gasteiger partial charge in [0.1, 0.15) is 11.8 Å². The molecule has 0 radical (unpaired) electrons. The first kappa shape index (κ1) is 73.3. The Balaban J connectivity index is 0.920. The van der Waals surface area contributed by atoms with E-state index in [4.69, 9.17) is 4.74 Å². The van der Waals surface area contributed by atoms with E-state index in [9.17, 15) is 67.3 Å². The standard InChI is InChI=1S/C64H93F2N13O13/c1-47-14-16-48(17-15-47)10-8-12-55(80)69-21-7-5-11-54(72-56(81)42-74-25-27-75(43-59(84)85)29-31-77(45-61(88)89)32-30-76(28-26-74)44-60(86)87)63(91)70-22-6-3-4-13-57(82)78-35-33-73(34-36-78)24-9-37-92-50-18-19-53-52(38-50)51(20-23-68-53)62(90)71-41-58(83)79-46-64(65,66)39-49(79)40-67-2/h14-20,23,38,40,49,54H,3-13,21-22,24-37,39,41-46H2,1-2H3,(H,69,80)(H,70,91)(H,71,90)(H,72,81)(H,84,85)(H,86,87)(H,88,89)/t49-,54?/m1/s1. The maximum Gasteiger partial charge on any atom is 0.317 e. The molecule has 3 aliphatic rings. The number of amides is 6. The maximum atomic E-state index is 14.1. The number of hydrogen-bond donors (Lipinski definition) is 7.